The largest absolute Gasteiger partial charge is 0.497 e. The van der Waals surface area contributed by atoms with Crippen molar-refractivity contribution in [3.63, 3.8) is 0 Å². The molecular formula is C20H24N2O4. The summed E-state index contributed by atoms with van der Waals surface area (Å²) >= 11 is 0. The Hall–Kier alpha value is -3.02. The molecule has 2 aromatic rings. The lowest BCUT2D eigenvalue weighted by Crippen LogP contribution is -2.26. The fourth-order valence-electron chi connectivity index (χ4n) is 2.27. The number of hydrogen-bond donors (Lipinski definition) is 1. The van der Waals surface area contributed by atoms with Gasteiger partial charge in [-0.3, -0.25) is 4.79 Å². The van der Waals surface area contributed by atoms with Crippen LogP contribution in [0.2, 0.25) is 0 Å². The molecule has 1 unspecified atom stereocenters. The molecule has 0 aliphatic carbocycles. The van der Waals surface area contributed by atoms with Gasteiger partial charge in [-0.15, -0.1) is 0 Å². The van der Waals surface area contributed by atoms with Crippen molar-refractivity contribution in [3.05, 3.63) is 53.1 Å². The number of benzene rings is 2. The molecule has 0 bridgehead atoms. The summed E-state index contributed by atoms with van der Waals surface area (Å²) in [5.74, 6) is 1.03. The van der Waals surface area contributed by atoms with Crippen molar-refractivity contribution in [1.29, 1.82) is 0 Å². The molecule has 6 heteroatoms. The molecule has 2 rings (SSSR count). The number of methoxy groups -OCH3 is 2. The predicted octanol–water partition coefficient (Wildman–Crippen LogP) is 3.70. The Morgan fingerprint density at radius 1 is 1.12 bits per heavy atom. The van der Waals surface area contributed by atoms with Gasteiger partial charge in [0.05, 0.1) is 20.4 Å². The van der Waals surface area contributed by atoms with Crippen LogP contribution in [0.25, 0.3) is 0 Å². The van der Waals surface area contributed by atoms with E-state index >= 15 is 0 Å². The molecule has 138 valence electrons. The van der Waals surface area contributed by atoms with Crippen LogP contribution in [0, 0.1) is 13.8 Å². The van der Waals surface area contributed by atoms with Gasteiger partial charge >= 0.3 is 0 Å². The molecule has 2 aromatic carbocycles. The number of oxime groups is 1. The monoisotopic (exact) mass is 356 g/mol. The van der Waals surface area contributed by atoms with Gasteiger partial charge in [0.15, 0.2) is 0 Å². The first kappa shape index (κ1) is 19.3. The second-order valence-corrected chi connectivity index (χ2v) is 5.90. The second-order valence-electron chi connectivity index (χ2n) is 5.90. The third-order valence-electron chi connectivity index (χ3n) is 3.87. The average molecular weight is 356 g/mol. The van der Waals surface area contributed by atoms with E-state index in [9.17, 15) is 4.79 Å². The first-order valence-electron chi connectivity index (χ1n) is 8.24. The Balaban J connectivity index is 2.01. The summed E-state index contributed by atoms with van der Waals surface area (Å²) in [6.45, 7) is 5.55. The number of carbonyl (C=O) groups is 1. The van der Waals surface area contributed by atoms with Crippen molar-refractivity contribution in [2.45, 2.75) is 26.9 Å². The molecule has 0 aromatic heterocycles. The highest BCUT2D eigenvalue weighted by Gasteiger charge is 2.15. The molecule has 26 heavy (non-hydrogen) atoms. The van der Waals surface area contributed by atoms with Crippen LogP contribution in [-0.2, 0) is 9.63 Å². The Morgan fingerprint density at radius 2 is 1.88 bits per heavy atom. The molecule has 0 radical (unpaired) electrons. The first-order valence-corrected chi connectivity index (χ1v) is 8.24. The third-order valence-corrected chi connectivity index (χ3v) is 3.87. The second kappa shape index (κ2) is 8.89. The fourth-order valence-corrected chi connectivity index (χ4v) is 2.27. The van der Waals surface area contributed by atoms with Gasteiger partial charge in [0.25, 0.3) is 5.91 Å². The van der Waals surface area contributed by atoms with E-state index in [1.54, 1.807) is 39.3 Å². The molecule has 6 nitrogen and oxygen atoms in total. The summed E-state index contributed by atoms with van der Waals surface area (Å²) in [6.07, 6.45) is 0.742. The van der Waals surface area contributed by atoms with Crippen molar-refractivity contribution in [2.24, 2.45) is 5.16 Å². The fraction of sp³-hybridized carbons (Fsp3) is 0.300. The molecule has 0 saturated carbocycles. The Labute approximate surface area is 153 Å². The van der Waals surface area contributed by atoms with E-state index in [2.05, 4.69) is 10.5 Å². The molecule has 1 N–H and O–H groups in total. The van der Waals surface area contributed by atoms with E-state index in [0.29, 0.717) is 17.1 Å². The van der Waals surface area contributed by atoms with E-state index in [1.807, 2.05) is 32.0 Å². The summed E-state index contributed by atoms with van der Waals surface area (Å²) in [7, 11) is 3.15. The maximum Gasteiger partial charge on any atom is 0.267 e. The Kier molecular flexibility index (Phi) is 6.60. The number of carbonyl (C=O) groups excluding carboxylic acids is 1. The van der Waals surface area contributed by atoms with Crippen LogP contribution in [-0.4, -0.2) is 32.4 Å². The van der Waals surface area contributed by atoms with Crippen molar-refractivity contribution < 1.29 is 19.1 Å². The van der Waals surface area contributed by atoms with E-state index in [4.69, 9.17) is 14.3 Å². The van der Waals surface area contributed by atoms with Crippen LogP contribution in [0.4, 0.5) is 5.69 Å². The smallest absolute Gasteiger partial charge is 0.267 e. The van der Waals surface area contributed by atoms with Gasteiger partial charge in [-0.25, -0.2) is 0 Å². The van der Waals surface area contributed by atoms with E-state index in [0.717, 1.165) is 16.8 Å². The maximum atomic E-state index is 12.3. The minimum absolute atomic E-state index is 0.270. The van der Waals surface area contributed by atoms with Crippen LogP contribution in [0.3, 0.4) is 0 Å². The molecular weight excluding hydrogens is 332 g/mol. The molecule has 1 atom stereocenters. The zero-order chi connectivity index (χ0) is 19.1. The Morgan fingerprint density at radius 3 is 2.58 bits per heavy atom. The van der Waals surface area contributed by atoms with Crippen LogP contribution >= 0.6 is 0 Å². The summed E-state index contributed by atoms with van der Waals surface area (Å²) in [5, 5.41) is 6.76. The zero-order valence-corrected chi connectivity index (χ0v) is 15.7. The number of hydrogen-bond acceptors (Lipinski definition) is 5. The van der Waals surface area contributed by atoms with Crippen molar-refractivity contribution >= 4 is 17.8 Å². The standard InChI is InChI=1S/C20H24N2O4/c1-13-6-7-14(2)18(10-13)22-20(23)15(3)26-21-12-16-11-17(24-4)8-9-19(16)25-5/h6-12,15H,1-5H3,(H,22,23)/b21-12+. The van der Waals surface area contributed by atoms with Gasteiger partial charge in [-0.2, -0.15) is 0 Å². The molecule has 0 fully saturated rings. The SMILES string of the molecule is COc1ccc(OC)c(/C=N/OC(C)C(=O)Nc2cc(C)ccc2C)c1. The third kappa shape index (κ3) is 4.99. The lowest BCUT2D eigenvalue weighted by molar-refractivity contribution is -0.126. The number of anilines is 1. The molecule has 0 aliphatic heterocycles. The summed E-state index contributed by atoms with van der Waals surface area (Å²) in [5.41, 5.74) is 3.52. The molecule has 0 saturated heterocycles. The quantitative estimate of drug-likeness (QED) is 0.607. The minimum Gasteiger partial charge on any atom is -0.497 e. The number of amides is 1. The van der Waals surface area contributed by atoms with Crippen molar-refractivity contribution in [1.82, 2.24) is 0 Å². The highest BCUT2D eigenvalue weighted by molar-refractivity contribution is 5.94. The van der Waals surface area contributed by atoms with Crippen LogP contribution < -0.4 is 14.8 Å². The topological polar surface area (TPSA) is 69.1 Å². The number of rotatable bonds is 7. The van der Waals surface area contributed by atoms with Crippen LogP contribution in [0.1, 0.15) is 23.6 Å². The van der Waals surface area contributed by atoms with Gasteiger partial charge in [0.2, 0.25) is 6.10 Å². The van der Waals surface area contributed by atoms with E-state index in [1.165, 1.54) is 6.21 Å². The first-order chi connectivity index (χ1) is 12.4. The summed E-state index contributed by atoms with van der Waals surface area (Å²) in [4.78, 5) is 17.6. The summed E-state index contributed by atoms with van der Waals surface area (Å²) in [6, 6.07) is 11.2. The normalized spacial score (nSPS) is 11.9. The predicted molar refractivity (Wildman–Crippen MR) is 102 cm³/mol. The summed E-state index contributed by atoms with van der Waals surface area (Å²) < 4.78 is 10.5. The minimum atomic E-state index is -0.747. The van der Waals surface area contributed by atoms with Crippen molar-refractivity contribution in [2.75, 3.05) is 19.5 Å². The maximum absolute atomic E-state index is 12.3. The van der Waals surface area contributed by atoms with Gasteiger partial charge in [0, 0.05) is 11.3 Å². The molecule has 0 spiro atoms. The van der Waals surface area contributed by atoms with E-state index < -0.39 is 6.10 Å². The number of aryl methyl sites for hydroxylation is 2. The van der Waals surface area contributed by atoms with E-state index in [-0.39, 0.29) is 5.91 Å². The van der Waals surface area contributed by atoms with Crippen LogP contribution in [0.5, 0.6) is 11.5 Å². The molecule has 0 heterocycles. The highest BCUT2D eigenvalue weighted by Crippen LogP contribution is 2.22. The van der Waals surface area contributed by atoms with Gasteiger partial charge in [-0.1, -0.05) is 17.3 Å². The average Bonchev–Trinajstić information content (AvgIpc) is 2.64. The van der Waals surface area contributed by atoms with Crippen molar-refractivity contribution in [3.8, 4) is 11.5 Å². The zero-order valence-electron chi connectivity index (χ0n) is 15.7. The van der Waals surface area contributed by atoms with Gasteiger partial charge < -0.3 is 19.6 Å². The lowest BCUT2D eigenvalue weighted by atomic mass is 10.1. The van der Waals surface area contributed by atoms with Gasteiger partial charge in [-0.05, 0) is 56.2 Å². The molecule has 0 aliphatic rings. The number of nitrogens with zero attached hydrogens (tertiary/aromatic N) is 1. The molecule has 1 amide bonds. The lowest BCUT2D eigenvalue weighted by Gasteiger charge is -2.13. The number of ether oxygens (including phenoxy) is 2. The number of nitrogens with one attached hydrogen (secondary N) is 1. The highest BCUT2D eigenvalue weighted by atomic mass is 16.6. The van der Waals surface area contributed by atoms with Crippen LogP contribution in [0.15, 0.2) is 41.6 Å². The van der Waals surface area contributed by atoms with Gasteiger partial charge in [0.1, 0.15) is 11.5 Å². The Bertz CT molecular complexity index is 802.